The molecule has 0 radical (unpaired) electrons. The van der Waals surface area contributed by atoms with Crippen LogP contribution in [0.2, 0.25) is 0 Å². The second-order valence-corrected chi connectivity index (χ2v) is 7.43. The number of halogens is 1. The lowest BCUT2D eigenvalue weighted by atomic mass is 9.96. The Bertz CT molecular complexity index is 711. The van der Waals surface area contributed by atoms with Crippen LogP contribution >= 0.6 is 24.0 Å². The lowest BCUT2D eigenvalue weighted by Crippen LogP contribution is -2.43. The Labute approximate surface area is 186 Å². The van der Waals surface area contributed by atoms with Crippen LogP contribution in [-0.2, 0) is 19.6 Å². The summed E-state index contributed by atoms with van der Waals surface area (Å²) in [5.41, 5.74) is 2.63. The number of nitrogens with one attached hydrogen (secondary N) is 2. The molecule has 0 saturated heterocycles. The fourth-order valence-corrected chi connectivity index (χ4v) is 3.71. The van der Waals surface area contributed by atoms with E-state index in [1.807, 2.05) is 19.2 Å². The highest BCUT2D eigenvalue weighted by Crippen LogP contribution is 2.17. The number of guanidine groups is 1. The van der Waals surface area contributed by atoms with Crippen LogP contribution in [0, 0.1) is 0 Å². The minimum absolute atomic E-state index is 0. The van der Waals surface area contributed by atoms with E-state index in [2.05, 4.69) is 51.8 Å². The molecule has 0 atom stereocenters. The Hall–Kier alpha value is -1.54. The van der Waals surface area contributed by atoms with E-state index in [1.54, 1.807) is 6.26 Å². The molecule has 28 heavy (non-hydrogen) atoms. The second kappa shape index (κ2) is 12.1. The van der Waals surface area contributed by atoms with Gasteiger partial charge in [0.25, 0.3) is 0 Å². The first-order valence-electron chi connectivity index (χ1n) is 9.99. The van der Waals surface area contributed by atoms with E-state index in [9.17, 15) is 0 Å². The van der Waals surface area contributed by atoms with Crippen LogP contribution in [-0.4, -0.2) is 31.0 Å². The SMILES string of the molecule is CN=C(NCc1ccccc1CN(C)Cc1ccco1)NC1CCCCC1.I. The monoisotopic (exact) mass is 496 g/mol. The van der Waals surface area contributed by atoms with Crippen molar-refractivity contribution in [1.82, 2.24) is 15.5 Å². The van der Waals surface area contributed by atoms with Crippen LogP contribution in [0.5, 0.6) is 0 Å². The standard InChI is InChI=1S/C22H32N4O.HI/c1-23-22(25-20-11-4-3-5-12-20)24-15-18-9-6-7-10-19(18)16-26(2)17-21-13-8-14-27-21;/h6-10,13-14,20H,3-5,11-12,15-17H2,1-2H3,(H2,23,24,25);1H. The zero-order valence-electron chi connectivity index (χ0n) is 17.0. The molecule has 1 aliphatic rings. The zero-order valence-corrected chi connectivity index (χ0v) is 19.3. The lowest BCUT2D eigenvalue weighted by Gasteiger charge is -2.25. The van der Waals surface area contributed by atoms with Gasteiger partial charge in [0.2, 0.25) is 0 Å². The van der Waals surface area contributed by atoms with E-state index in [0.717, 1.165) is 31.4 Å². The van der Waals surface area contributed by atoms with Gasteiger partial charge < -0.3 is 15.1 Å². The molecule has 1 saturated carbocycles. The number of nitrogens with zero attached hydrogens (tertiary/aromatic N) is 2. The lowest BCUT2D eigenvalue weighted by molar-refractivity contribution is 0.287. The molecule has 154 valence electrons. The fraction of sp³-hybridized carbons (Fsp3) is 0.500. The van der Waals surface area contributed by atoms with E-state index in [1.165, 1.54) is 43.2 Å². The highest BCUT2D eigenvalue weighted by Gasteiger charge is 2.14. The Balaban J connectivity index is 0.00000280. The van der Waals surface area contributed by atoms with Crippen molar-refractivity contribution in [2.75, 3.05) is 14.1 Å². The van der Waals surface area contributed by atoms with Crippen molar-refractivity contribution in [3.63, 3.8) is 0 Å². The molecule has 0 amide bonds. The predicted octanol–water partition coefficient (Wildman–Crippen LogP) is 4.53. The van der Waals surface area contributed by atoms with Crippen molar-refractivity contribution in [2.24, 2.45) is 4.99 Å². The average molecular weight is 496 g/mol. The summed E-state index contributed by atoms with van der Waals surface area (Å²) in [6.45, 7) is 2.46. The van der Waals surface area contributed by atoms with Gasteiger partial charge in [0, 0.05) is 26.2 Å². The zero-order chi connectivity index (χ0) is 18.9. The van der Waals surface area contributed by atoms with Crippen molar-refractivity contribution in [3.05, 3.63) is 59.5 Å². The van der Waals surface area contributed by atoms with Gasteiger partial charge >= 0.3 is 0 Å². The topological polar surface area (TPSA) is 52.8 Å². The fourth-order valence-electron chi connectivity index (χ4n) is 3.71. The third-order valence-corrected chi connectivity index (χ3v) is 5.18. The van der Waals surface area contributed by atoms with Gasteiger partial charge in [0.05, 0.1) is 12.8 Å². The molecule has 5 nitrogen and oxygen atoms in total. The molecule has 0 unspecified atom stereocenters. The molecule has 1 aromatic heterocycles. The first-order chi connectivity index (χ1) is 13.2. The second-order valence-electron chi connectivity index (χ2n) is 7.43. The number of benzene rings is 1. The summed E-state index contributed by atoms with van der Waals surface area (Å²) in [5.74, 6) is 1.89. The third-order valence-electron chi connectivity index (χ3n) is 5.18. The van der Waals surface area contributed by atoms with Crippen LogP contribution in [0.1, 0.15) is 49.0 Å². The van der Waals surface area contributed by atoms with Crippen molar-refractivity contribution in [3.8, 4) is 0 Å². The van der Waals surface area contributed by atoms with Crippen molar-refractivity contribution >= 4 is 29.9 Å². The molecular formula is C22H33IN4O. The van der Waals surface area contributed by atoms with E-state index in [-0.39, 0.29) is 24.0 Å². The maximum absolute atomic E-state index is 5.46. The highest BCUT2D eigenvalue weighted by atomic mass is 127. The molecule has 6 heteroatoms. The molecule has 2 N–H and O–H groups in total. The van der Waals surface area contributed by atoms with Gasteiger partial charge in [-0.25, -0.2) is 0 Å². The molecule has 1 heterocycles. The molecule has 3 rings (SSSR count). The maximum atomic E-state index is 5.46. The van der Waals surface area contributed by atoms with E-state index in [4.69, 9.17) is 4.42 Å². The molecule has 2 aromatic rings. The number of aliphatic imine (C=N–C) groups is 1. The highest BCUT2D eigenvalue weighted by molar-refractivity contribution is 14.0. The number of rotatable bonds is 7. The molecule has 0 spiro atoms. The summed E-state index contributed by atoms with van der Waals surface area (Å²) in [7, 11) is 3.97. The summed E-state index contributed by atoms with van der Waals surface area (Å²) < 4.78 is 5.46. The number of hydrogen-bond donors (Lipinski definition) is 2. The minimum atomic E-state index is 0. The summed E-state index contributed by atoms with van der Waals surface area (Å²) >= 11 is 0. The molecular weight excluding hydrogens is 463 g/mol. The van der Waals surface area contributed by atoms with Crippen LogP contribution in [0.3, 0.4) is 0 Å². The Morgan fingerprint density at radius 3 is 2.50 bits per heavy atom. The first kappa shape index (κ1) is 22.7. The van der Waals surface area contributed by atoms with E-state index < -0.39 is 0 Å². The minimum Gasteiger partial charge on any atom is -0.468 e. The number of hydrogen-bond acceptors (Lipinski definition) is 3. The predicted molar refractivity (Wildman–Crippen MR) is 126 cm³/mol. The van der Waals surface area contributed by atoms with Crippen molar-refractivity contribution in [1.29, 1.82) is 0 Å². The largest absolute Gasteiger partial charge is 0.468 e. The molecule has 0 aliphatic heterocycles. The first-order valence-corrected chi connectivity index (χ1v) is 9.99. The van der Waals surface area contributed by atoms with Crippen LogP contribution < -0.4 is 10.6 Å². The van der Waals surface area contributed by atoms with Crippen LogP contribution in [0.4, 0.5) is 0 Å². The third kappa shape index (κ3) is 7.13. The molecule has 1 aliphatic carbocycles. The van der Waals surface area contributed by atoms with Gasteiger partial charge in [-0.3, -0.25) is 9.89 Å². The quantitative estimate of drug-likeness (QED) is 0.336. The molecule has 1 aromatic carbocycles. The van der Waals surface area contributed by atoms with Gasteiger partial charge in [-0.15, -0.1) is 24.0 Å². The number of furan rings is 1. The van der Waals surface area contributed by atoms with Gasteiger partial charge in [-0.2, -0.15) is 0 Å². The van der Waals surface area contributed by atoms with Gasteiger partial charge in [0.1, 0.15) is 5.76 Å². The average Bonchev–Trinajstić information content (AvgIpc) is 3.19. The molecule has 1 fully saturated rings. The Morgan fingerprint density at radius 2 is 1.82 bits per heavy atom. The van der Waals surface area contributed by atoms with Gasteiger partial charge in [-0.1, -0.05) is 43.5 Å². The normalized spacial score (nSPS) is 15.3. The Kier molecular flexibility index (Phi) is 9.84. The van der Waals surface area contributed by atoms with Gasteiger partial charge in [-0.05, 0) is 43.1 Å². The van der Waals surface area contributed by atoms with Crippen molar-refractivity contribution in [2.45, 2.75) is 57.8 Å². The van der Waals surface area contributed by atoms with Crippen LogP contribution in [0.15, 0.2) is 52.1 Å². The molecule has 0 bridgehead atoms. The smallest absolute Gasteiger partial charge is 0.191 e. The summed E-state index contributed by atoms with van der Waals surface area (Å²) in [6, 6.07) is 13.1. The summed E-state index contributed by atoms with van der Waals surface area (Å²) in [5, 5.41) is 7.08. The van der Waals surface area contributed by atoms with E-state index >= 15 is 0 Å². The van der Waals surface area contributed by atoms with Crippen molar-refractivity contribution < 1.29 is 4.42 Å². The van der Waals surface area contributed by atoms with Gasteiger partial charge in [0.15, 0.2) is 5.96 Å². The van der Waals surface area contributed by atoms with E-state index in [0.29, 0.717) is 6.04 Å². The maximum Gasteiger partial charge on any atom is 0.191 e. The summed E-state index contributed by atoms with van der Waals surface area (Å²) in [4.78, 5) is 6.68. The Morgan fingerprint density at radius 1 is 1.07 bits per heavy atom. The summed E-state index contributed by atoms with van der Waals surface area (Å²) in [6.07, 6.45) is 8.22. The van der Waals surface area contributed by atoms with Crippen LogP contribution in [0.25, 0.3) is 0 Å².